The van der Waals surface area contributed by atoms with Crippen LogP contribution in [0.3, 0.4) is 0 Å². The van der Waals surface area contributed by atoms with Gasteiger partial charge in [0.2, 0.25) is 11.4 Å². The molecule has 0 radical (unpaired) electrons. The number of Topliss-reactive ketones (excluding diaryl/α,β-unsaturated/α-hetero) is 1. The molecule has 0 aliphatic heterocycles. The van der Waals surface area contributed by atoms with E-state index in [2.05, 4.69) is 0 Å². The Kier molecular flexibility index (Phi) is 3.62. The van der Waals surface area contributed by atoms with E-state index in [1.165, 1.54) is 19.3 Å². The monoisotopic (exact) mass is 258 g/mol. The van der Waals surface area contributed by atoms with Gasteiger partial charge in [-0.3, -0.25) is 9.59 Å². The zero-order valence-electron chi connectivity index (χ0n) is 10.8. The summed E-state index contributed by atoms with van der Waals surface area (Å²) in [6.07, 6.45) is 6.03. The van der Waals surface area contributed by atoms with Crippen LogP contribution in [0.15, 0.2) is 48.6 Å². The first-order valence-electron chi connectivity index (χ1n) is 5.78. The molecule has 1 unspecified atom stereocenters. The molecule has 0 N–H and O–H groups in total. The maximum absolute atomic E-state index is 12.5. The summed E-state index contributed by atoms with van der Waals surface area (Å²) in [5.74, 6) is -0.116. The van der Waals surface area contributed by atoms with Gasteiger partial charge in [0, 0.05) is 12.7 Å². The lowest BCUT2D eigenvalue weighted by Gasteiger charge is -2.26. The van der Waals surface area contributed by atoms with Crippen LogP contribution >= 0.6 is 0 Å². The van der Waals surface area contributed by atoms with Crippen molar-refractivity contribution in [1.82, 2.24) is 0 Å². The molecule has 0 fully saturated rings. The van der Waals surface area contributed by atoms with Crippen LogP contribution in [0.5, 0.6) is 5.75 Å². The smallest absolute Gasteiger partial charge is 0.211 e. The minimum Gasteiger partial charge on any atom is -0.497 e. The van der Waals surface area contributed by atoms with E-state index in [9.17, 15) is 9.59 Å². The van der Waals surface area contributed by atoms with E-state index in [0.717, 1.165) is 0 Å². The molecule has 2 rings (SSSR count). The zero-order valence-corrected chi connectivity index (χ0v) is 10.8. The minimum atomic E-state index is -1.55. The van der Waals surface area contributed by atoms with E-state index in [1.807, 2.05) is 0 Å². The number of hydrogen-bond donors (Lipinski definition) is 0. The van der Waals surface area contributed by atoms with Crippen LogP contribution in [0.25, 0.3) is 0 Å². The summed E-state index contributed by atoms with van der Waals surface area (Å²) in [6.45, 7) is 0. The van der Waals surface area contributed by atoms with Gasteiger partial charge in [-0.2, -0.15) is 0 Å². The maximum Gasteiger partial charge on any atom is 0.211 e. The number of hydrogen-bond acceptors (Lipinski definition) is 4. The summed E-state index contributed by atoms with van der Waals surface area (Å²) in [6, 6.07) is 6.57. The molecule has 0 heterocycles. The van der Waals surface area contributed by atoms with Gasteiger partial charge >= 0.3 is 0 Å². The Balaban J connectivity index is 2.38. The fraction of sp³-hybridized carbons (Fsp3) is 0.200. The second-order valence-electron chi connectivity index (χ2n) is 4.08. The van der Waals surface area contributed by atoms with E-state index in [1.54, 1.807) is 43.5 Å². The molecule has 1 aromatic rings. The molecule has 0 saturated carbocycles. The number of benzene rings is 1. The lowest BCUT2D eigenvalue weighted by atomic mass is 9.85. The molecule has 98 valence electrons. The summed E-state index contributed by atoms with van der Waals surface area (Å²) >= 11 is 0. The van der Waals surface area contributed by atoms with Crippen molar-refractivity contribution in [2.45, 2.75) is 5.60 Å². The second-order valence-corrected chi connectivity index (χ2v) is 4.08. The minimum absolute atomic E-state index is 0.377. The standard InChI is InChI=1S/C15H14O4/c1-18-12-8-6-11(7-9-12)14(17)15(19-2)10-4-3-5-13(15)16/h3-10H,1-2H3. The fourth-order valence-electron chi connectivity index (χ4n) is 1.95. The molecule has 1 atom stereocenters. The van der Waals surface area contributed by atoms with Crippen LogP contribution < -0.4 is 4.74 Å². The van der Waals surface area contributed by atoms with E-state index in [4.69, 9.17) is 9.47 Å². The summed E-state index contributed by atoms with van der Waals surface area (Å²) in [5.41, 5.74) is -1.15. The van der Waals surface area contributed by atoms with Gasteiger partial charge in [-0.1, -0.05) is 12.2 Å². The first kappa shape index (κ1) is 13.2. The maximum atomic E-state index is 12.5. The highest BCUT2D eigenvalue weighted by molar-refractivity contribution is 6.23. The van der Waals surface area contributed by atoms with E-state index in [0.29, 0.717) is 11.3 Å². The quantitative estimate of drug-likeness (QED) is 0.612. The molecule has 1 aliphatic rings. The third-order valence-corrected chi connectivity index (χ3v) is 3.07. The van der Waals surface area contributed by atoms with Gasteiger partial charge in [0.15, 0.2) is 5.78 Å². The molecule has 1 aromatic carbocycles. The van der Waals surface area contributed by atoms with Gasteiger partial charge in [0.05, 0.1) is 7.11 Å². The lowest BCUT2D eigenvalue weighted by molar-refractivity contribution is -0.126. The van der Waals surface area contributed by atoms with Crippen molar-refractivity contribution in [3.05, 3.63) is 54.1 Å². The number of allylic oxidation sites excluding steroid dienone is 2. The van der Waals surface area contributed by atoms with Crippen LogP contribution in [-0.2, 0) is 9.53 Å². The number of methoxy groups -OCH3 is 2. The van der Waals surface area contributed by atoms with E-state index < -0.39 is 5.60 Å². The van der Waals surface area contributed by atoms with Crippen LogP contribution in [0.2, 0.25) is 0 Å². The number of carbonyl (C=O) groups is 2. The van der Waals surface area contributed by atoms with Crippen LogP contribution in [0.4, 0.5) is 0 Å². The number of carbonyl (C=O) groups excluding carboxylic acids is 2. The van der Waals surface area contributed by atoms with Crippen molar-refractivity contribution in [3.8, 4) is 5.75 Å². The summed E-state index contributed by atoms with van der Waals surface area (Å²) in [5, 5.41) is 0. The van der Waals surface area contributed by atoms with Crippen LogP contribution in [0.1, 0.15) is 10.4 Å². The van der Waals surface area contributed by atoms with Crippen molar-refractivity contribution < 1.29 is 19.1 Å². The molecule has 0 aromatic heterocycles. The van der Waals surface area contributed by atoms with Crippen LogP contribution in [0, 0.1) is 0 Å². The van der Waals surface area contributed by atoms with Gasteiger partial charge in [0.25, 0.3) is 0 Å². The van der Waals surface area contributed by atoms with Crippen molar-refractivity contribution in [2.75, 3.05) is 14.2 Å². The van der Waals surface area contributed by atoms with Crippen molar-refractivity contribution >= 4 is 11.6 Å². The average Bonchev–Trinajstić information content (AvgIpc) is 2.47. The second kappa shape index (κ2) is 5.20. The molecule has 1 aliphatic carbocycles. The third-order valence-electron chi connectivity index (χ3n) is 3.07. The van der Waals surface area contributed by atoms with Crippen molar-refractivity contribution in [1.29, 1.82) is 0 Å². The Morgan fingerprint density at radius 2 is 1.79 bits per heavy atom. The first-order chi connectivity index (χ1) is 9.14. The summed E-state index contributed by atoms with van der Waals surface area (Å²) in [4.78, 5) is 24.5. The summed E-state index contributed by atoms with van der Waals surface area (Å²) < 4.78 is 10.2. The lowest BCUT2D eigenvalue weighted by Crippen LogP contribution is -2.46. The largest absolute Gasteiger partial charge is 0.497 e. The van der Waals surface area contributed by atoms with Crippen molar-refractivity contribution in [3.63, 3.8) is 0 Å². The molecular formula is C15H14O4. The van der Waals surface area contributed by atoms with Gasteiger partial charge in [0.1, 0.15) is 5.75 Å². The molecule has 19 heavy (non-hydrogen) atoms. The zero-order chi connectivity index (χ0) is 13.9. The predicted molar refractivity (Wildman–Crippen MR) is 70.4 cm³/mol. The number of ketones is 2. The van der Waals surface area contributed by atoms with Crippen LogP contribution in [-0.4, -0.2) is 31.4 Å². The SMILES string of the molecule is COc1ccc(C(=O)C2(OC)C=CC=CC2=O)cc1. The molecule has 4 nitrogen and oxygen atoms in total. The Bertz CT molecular complexity index is 554. The normalized spacial score (nSPS) is 21.5. The van der Waals surface area contributed by atoms with E-state index in [-0.39, 0.29) is 11.6 Å². The summed E-state index contributed by atoms with van der Waals surface area (Å²) in [7, 11) is 2.90. The molecule has 4 heteroatoms. The third kappa shape index (κ3) is 2.22. The Labute approximate surface area is 111 Å². The predicted octanol–water partition coefficient (Wildman–Crippen LogP) is 1.96. The Morgan fingerprint density at radius 1 is 1.11 bits per heavy atom. The van der Waals surface area contributed by atoms with Gasteiger partial charge in [-0.25, -0.2) is 0 Å². The van der Waals surface area contributed by atoms with Crippen molar-refractivity contribution in [2.24, 2.45) is 0 Å². The molecule has 0 amide bonds. The number of rotatable bonds is 4. The fourth-order valence-corrected chi connectivity index (χ4v) is 1.95. The number of ether oxygens (including phenoxy) is 2. The molecular weight excluding hydrogens is 244 g/mol. The topological polar surface area (TPSA) is 52.6 Å². The first-order valence-corrected chi connectivity index (χ1v) is 5.78. The Hall–Kier alpha value is -2.20. The average molecular weight is 258 g/mol. The van der Waals surface area contributed by atoms with Gasteiger partial charge in [-0.15, -0.1) is 0 Å². The highest BCUT2D eigenvalue weighted by atomic mass is 16.5. The van der Waals surface area contributed by atoms with Gasteiger partial charge < -0.3 is 9.47 Å². The highest BCUT2D eigenvalue weighted by Gasteiger charge is 2.43. The highest BCUT2D eigenvalue weighted by Crippen LogP contribution is 2.25. The van der Waals surface area contributed by atoms with E-state index >= 15 is 0 Å². The molecule has 0 spiro atoms. The Morgan fingerprint density at radius 3 is 2.32 bits per heavy atom. The molecule has 0 saturated heterocycles. The van der Waals surface area contributed by atoms with Gasteiger partial charge in [-0.05, 0) is 36.4 Å². The molecule has 0 bridgehead atoms.